The van der Waals surface area contributed by atoms with Crippen LogP contribution in [0.1, 0.15) is 61.7 Å². The van der Waals surface area contributed by atoms with E-state index < -0.39 is 10.0 Å². The van der Waals surface area contributed by atoms with E-state index in [4.69, 9.17) is 0 Å². The van der Waals surface area contributed by atoms with Crippen LogP contribution in [0.3, 0.4) is 0 Å². The maximum absolute atomic E-state index is 13.1. The maximum atomic E-state index is 13.1. The van der Waals surface area contributed by atoms with E-state index in [0.717, 1.165) is 24.3 Å². The highest BCUT2D eigenvalue weighted by atomic mass is 32.2. The number of amides is 2. The number of carbonyl (C=O) groups excluding carboxylic acids is 2. The Kier molecular flexibility index (Phi) is 6.79. The fourth-order valence-corrected chi connectivity index (χ4v) is 8.94. The second-order valence-corrected chi connectivity index (χ2v) is 13.4. The number of hydrogen-bond donors (Lipinski definition) is 2. The van der Waals surface area contributed by atoms with E-state index >= 15 is 0 Å². The van der Waals surface area contributed by atoms with Crippen molar-refractivity contribution in [2.45, 2.75) is 56.3 Å². The minimum absolute atomic E-state index is 0.118. The molecule has 5 aliphatic rings. The molecular formula is C27H37N3O4S. The molecule has 4 bridgehead atoms. The fourth-order valence-electron chi connectivity index (χ4n) is 7.47. The SMILES string of the molecule is C=CC(=O)NCC1CCN(S(=O)(=O)c2ccc(C(=O)NCC34CC5CC(CC(C5)C3)C4)cc2)CC1. The van der Waals surface area contributed by atoms with Crippen molar-refractivity contribution < 1.29 is 18.0 Å². The Morgan fingerprint density at radius 1 is 0.971 bits per heavy atom. The topological polar surface area (TPSA) is 95.6 Å². The van der Waals surface area contributed by atoms with Gasteiger partial charge < -0.3 is 10.6 Å². The first kappa shape index (κ1) is 24.5. The zero-order valence-corrected chi connectivity index (χ0v) is 21.2. The second-order valence-electron chi connectivity index (χ2n) is 11.4. The highest BCUT2D eigenvalue weighted by molar-refractivity contribution is 7.89. The number of hydrogen-bond acceptors (Lipinski definition) is 4. The van der Waals surface area contributed by atoms with Gasteiger partial charge in [-0.05, 0) is 111 Å². The minimum Gasteiger partial charge on any atom is -0.352 e. The van der Waals surface area contributed by atoms with Gasteiger partial charge in [0.25, 0.3) is 5.91 Å². The molecule has 0 spiro atoms. The molecule has 2 amide bonds. The van der Waals surface area contributed by atoms with Gasteiger partial charge in [0, 0.05) is 31.7 Å². The van der Waals surface area contributed by atoms with Crippen molar-refractivity contribution in [1.82, 2.24) is 14.9 Å². The Balaban J connectivity index is 1.15. The Labute approximate surface area is 208 Å². The van der Waals surface area contributed by atoms with Crippen molar-refractivity contribution in [1.29, 1.82) is 0 Å². The Morgan fingerprint density at radius 3 is 2.09 bits per heavy atom. The van der Waals surface area contributed by atoms with Crippen LogP contribution >= 0.6 is 0 Å². The third kappa shape index (κ3) is 5.19. The van der Waals surface area contributed by atoms with Crippen LogP contribution in [0, 0.1) is 29.1 Å². The molecule has 7 nitrogen and oxygen atoms in total. The lowest BCUT2D eigenvalue weighted by molar-refractivity contribution is -0.116. The Hall–Kier alpha value is -2.19. The Morgan fingerprint density at radius 2 is 1.54 bits per heavy atom. The van der Waals surface area contributed by atoms with Crippen molar-refractivity contribution in [2.75, 3.05) is 26.2 Å². The summed E-state index contributed by atoms with van der Waals surface area (Å²) in [7, 11) is -3.61. The van der Waals surface area contributed by atoms with Gasteiger partial charge in [-0.1, -0.05) is 6.58 Å². The summed E-state index contributed by atoms with van der Waals surface area (Å²) < 4.78 is 27.7. The van der Waals surface area contributed by atoms with Crippen LogP contribution in [0.25, 0.3) is 0 Å². The van der Waals surface area contributed by atoms with Crippen molar-refractivity contribution in [2.24, 2.45) is 29.1 Å². The zero-order chi connectivity index (χ0) is 24.6. The molecule has 1 aromatic rings. The molecule has 4 saturated carbocycles. The summed E-state index contributed by atoms with van der Waals surface area (Å²) in [6.45, 7) is 5.55. The van der Waals surface area contributed by atoms with Gasteiger partial charge in [-0.15, -0.1) is 0 Å². The van der Waals surface area contributed by atoms with E-state index in [1.54, 1.807) is 24.3 Å². The summed E-state index contributed by atoms with van der Waals surface area (Å²) in [4.78, 5) is 24.4. The predicted octanol–water partition coefficient (Wildman–Crippen LogP) is 3.34. The molecular weight excluding hydrogens is 462 g/mol. The molecule has 35 heavy (non-hydrogen) atoms. The third-order valence-electron chi connectivity index (χ3n) is 8.87. The molecule has 5 fully saturated rings. The molecule has 6 rings (SSSR count). The summed E-state index contributed by atoms with van der Waals surface area (Å²) in [6.07, 6.45) is 10.5. The Bertz CT molecular complexity index is 1040. The molecule has 2 N–H and O–H groups in total. The quantitative estimate of drug-likeness (QED) is 0.537. The van der Waals surface area contributed by atoms with Crippen LogP contribution in [-0.2, 0) is 14.8 Å². The standard InChI is InChI=1S/C27H37N3O4S/c1-2-25(31)28-17-19-7-9-30(10-8-19)35(33,34)24-5-3-23(4-6-24)26(32)29-18-27-14-20-11-21(15-27)13-22(12-20)16-27/h2-6,19-22H,1,7-18H2,(H,28,31)(H,29,32). The molecule has 190 valence electrons. The third-order valence-corrected chi connectivity index (χ3v) is 10.8. The monoisotopic (exact) mass is 499 g/mol. The number of carbonyl (C=O) groups is 2. The average Bonchev–Trinajstić information content (AvgIpc) is 2.85. The molecule has 1 saturated heterocycles. The fraction of sp³-hybridized carbons (Fsp3) is 0.630. The smallest absolute Gasteiger partial charge is 0.251 e. The van der Waals surface area contributed by atoms with Gasteiger partial charge in [0.1, 0.15) is 0 Å². The van der Waals surface area contributed by atoms with Crippen molar-refractivity contribution in [3.05, 3.63) is 42.5 Å². The number of piperidine rings is 1. The van der Waals surface area contributed by atoms with Gasteiger partial charge in [0.05, 0.1) is 4.90 Å². The van der Waals surface area contributed by atoms with Gasteiger partial charge in [0.2, 0.25) is 15.9 Å². The lowest BCUT2D eigenvalue weighted by atomic mass is 9.49. The lowest BCUT2D eigenvalue weighted by Gasteiger charge is -2.56. The molecule has 1 aliphatic heterocycles. The first-order valence-corrected chi connectivity index (χ1v) is 14.5. The van der Waals surface area contributed by atoms with E-state index in [2.05, 4.69) is 17.2 Å². The first-order valence-electron chi connectivity index (χ1n) is 13.0. The van der Waals surface area contributed by atoms with Crippen LogP contribution < -0.4 is 10.6 Å². The molecule has 8 heteroatoms. The van der Waals surface area contributed by atoms with Crippen LogP contribution in [-0.4, -0.2) is 50.7 Å². The van der Waals surface area contributed by atoms with E-state index in [-0.39, 0.29) is 28.0 Å². The zero-order valence-electron chi connectivity index (χ0n) is 20.4. The van der Waals surface area contributed by atoms with Crippen LogP contribution in [0.15, 0.2) is 41.8 Å². The van der Waals surface area contributed by atoms with Crippen LogP contribution in [0.4, 0.5) is 0 Å². The number of rotatable bonds is 8. The first-order chi connectivity index (χ1) is 16.8. The molecule has 1 heterocycles. The summed E-state index contributed by atoms with van der Waals surface area (Å²) in [6, 6.07) is 6.34. The molecule has 0 atom stereocenters. The highest BCUT2D eigenvalue weighted by Gasteiger charge is 2.50. The van der Waals surface area contributed by atoms with Gasteiger partial charge in [-0.2, -0.15) is 4.31 Å². The van der Waals surface area contributed by atoms with Crippen LogP contribution in [0.2, 0.25) is 0 Å². The average molecular weight is 500 g/mol. The van der Waals surface area contributed by atoms with E-state index in [1.807, 2.05) is 0 Å². The molecule has 0 unspecified atom stereocenters. The van der Waals surface area contributed by atoms with Crippen LogP contribution in [0.5, 0.6) is 0 Å². The minimum atomic E-state index is -3.61. The summed E-state index contributed by atoms with van der Waals surface area (Å²) in [5, 5.41) is 5.96. The largest absolute Gasteiger partial charge is 0.352 e. The van der Waals surface area contributed by atoms with E-state index in [9.17, 15) is 18.0 Å². The van der Waals surface area contributed by atoms with Crippen molar-refractivity contribution in [3.63, 3.8) is 0 Å². The van der Waals surface area contributed by atoms with Gasteiger partial charge in [0.15, 0.2) is 0 Å². The second kappa shape index (κ2) is 9.69. The van der Waals surface area contributed by atoms with E-state index in [0.29, 0.717) is 38.0 Å². The summed E-state index contributed by atoms with van der Waals surface area (Å²) in [5.74, 6) is 2.47. The lowest BCUT2D eigenvalue weighted by Crippen LogP contribution is -2.51. The maximum Gasteiger partial charge on any atom is 0.251 e. The normalized spacial score (nSPS) is 30.7. The van der Waals surface area contributed by atoms with Crippen molar-refractivity contribution >= 4 is 21.8 Å². The number of benzene rings is 1. The van der Waals surface area contributed by atoms with Gasteiger partial charge >= 0.3 is 0 Å². The predicted molar refractivity (Wildman–Crippen MR) is 134 cm³/mol. The summed E-state index contributed by atoms with van der Waals surface area (Å²) in [5.41, 5.74) is 0.777. The highest BCUT2D eigenvalue weighted by Crippen LogP contribution is 2.59. The molecule has 4 aliphatic carbocycles. The number of sulfonamides is 1. The number of nitrogens with one attached hydrogen (secondary N) is 2. The molecule has 0 radical (unpaired) electrons. The van der Waals surface area contributed by atoms with E-state index in [1.165, 1.54) is 48.9 Å². The van der Waals surface area contributed by atoms with Crippen molar-refractivity contribution in [3.8, 4) is 0 Å². The summed E-state index contributed by atoms with van der Waals surface area (Å²) >= 11 is 0. The molecule has 0 aromatic heterocycles. The molecule has 1 aromatic carbocycles. The number of nitrogens with zero attached hydrogens (tertiary/aromatic N) is 1. The van der Waals surface area contributed by atoms with Gasteiger partial charge in [-0.3, -0.25) is 9.59 Å². The van der Waals surface area contributed by atoms with Gasteiger partial charge in [-0.25, -0.2) is 8.42 Å².